The number of rotatable bonds is 2. The molecule has 2 aliphatic rings. The molecule has 1 N–H and O–H groups in total. The Kier molecular flexibility index (Phi) is 3.96. The fraction of sp³-hybridized carbons (Fsp3) is 0.133. The van der Waals surface area contributed by atoms with Gasteiger partial charge in [-0.2, -0.15) is 0 Å². The SMILES string of the molecule is [CH-]=C(/C=C1/SC(=O)N[C]1=[W])C(=O)N1CCc2ccccc21. The molecule has 1 saturated heterocycles. The van der Waals surface area contributed by atoms with Gasteiger partial charge in [0, 0.05) is 0 Å². The number of fused-ring (bicyclic) bond motifs is 1. The van der Waals surface area contributed by atoms with Crippen LogP contribution in [-0.2, 0) is 30.6 Å². The first-order chi connectivity index (χ1) is 10.1. The number of nitrogens with one attached hydrogen (secondary N) is 1. The Morgan fingerprint density at radius 3 is 2.90 bits per heavy atom. The summed E-state index contributed by atoms with van der Waals surface area (Å²) in [4.78, 5) is 26.2. The van der Waals surface area contributed by atoms with Gasteiger partial charge >= 0.3 is 138 Å². The van der Waals surface area contributed by atoms with Crippen LogP contribution in [0, 0.1) is 6.58 Å². The molecule has 4 nitrogen and oxygen atoms in total. The number of carbonyl (C=O) groups is 2. The molecule has 0 bridgehead atoms. The van der Waals surface area contributed by atoms with Crippen molar-refractivity contribution in [3.05, 3.63) is 53.0 Å². The number of hydrogen-bond acceptors (Lipinski definition) is 3. The van der Waals surface area contributed by atoms with E-state index in [1.807, 2.05) is 24.3 Å². The number of hydrogen-bond donors (Lipinski definition) is 1. The molecule has 0 saturated carbocycles. The van der Waals surface area contributed by atoms with Gasteiger partial charge in [-0.25, -0.2) is 0 Å². The van der Waals surface area contributed by atoms with E-state index in [-0.39, 0.29) is 16.7 Å². The average molecular weight is 467 g/mol. The van der Waals surface area contributed by atoms with Crippen molar-refractivity contribution in [2.75, 3.05) is 11.4 Å². The molecule has 2 heterocycles. The molecular weight excluding hydrogens is 456 g/mol. The van der Waals surface area contributed by atoms with Gasteiger partial charge in [0.05, 0.1) is 0 Å². The van der Waals surface area contributed by atoms with Crippen molar-refractivity contribution in [3.63, 3.8) is 0 Å². The van der Waals surface area contributed by atoms with Crippen molar-refractivity contribution in [3.8, 4) is 0 Å². The Labute approximate surface area is 137 Å². The molecule has 0 aliphatic carbocycles. The Morgan fingerprint density at radius 1 is 1.43 bits per heavy atom. The molecule has 0 aromatic heterocycles. The van der Waals surface area contributed by atoms with Gasteiger partial charge in [-0.05, 0) is 0 Å². The fourth-order valence-corrected chi connectivity index (χ4v) is 4.26. The van der Waals surface area contributed by atoms with E-state index in [0.29, 0.717) is 6.54 Å². The number of para-hydroxylation sites is 1. The van der Waals surface area contributed by atoms with E-state index in [4.69, 9.17) is 6.58 Å². The summed E-state index contributed by atoms with van der Waals surface area (Å²) in [5, 5.41) is 2.59. The number of amides is 2. The molecule has 0 unspecified atom stereocenters. The van der Waals surface area contributed by atoms with Gasteiger partial charge in [0.25, 0.3) is 0 Å². The van der Waals surface area contributed by atoms with Crippen LogP contribution in [-0.4, -0.2) is 21.7 Å². The molecule has 2 amide bonds. The molecule has 1 fully saturated rings. The van der Waals surface area contributed by atoms with Crippen molar-refractivity contribution < 1.29 is 28.9 Å². The summed E-state index contributed by atoms with van der Waals surface area (Å²) < 4.78 is 0.808. The summed E-state index contributed by atoms with van der Waals surface area (Å²) >= 11 is 2.21. The Hall–Kier alpha value is -1.45. The van der Waals surface area contributed by atoms with Crippen LogP contribution in [0.2, 0.25) is 0 Å². The van der Waals surface area contributed by atoms with Crippen molar-refractivity contribution in [2.45, 2.75) is 6.42 Å². The maximum absolute atomic E-state index is 12.5. The number of anilines is 1. The molecule has 0 radical (unpaired) electrons. The van der Waals surface area contributed by atoms with Gasteiger partial charge in [-0.1, -0.05) is 0 Å². The minimum absolute atomic E-state index is 0.127. The van der Waals surface area contributed by atoms with Gasteiger partial charge < -0.3 is 0 Å². The number of benzene rings is 1. The summed E-state index contributed by atoms with van der Waals surface area (Å²) in [5.41, 5.74) is 2.23. The molecule has 0 spiro atoms. The van der Waals surface area contributed by atoms with Crippen LogP contribution in [0.25, 0.3) is 0 Å². The third-order valence-electron chi connectivity index (χ3n) is 3.31. The fourth-order valence-electron chi connectivity index (χ4n) is 2.33. The van der Waals surface area contributed by atoms with Gasteiger partial charge in [0.2, 0.25) is 0 Å². The van der Waals surface area contributed by atoms with Crippen LogP contribution in [0.4, 0.5) is 10.5 Å². The summed E-state index contributed by atoms with van der Waals surface area (Å²) in [5.74, 6) is -0.213. The second-order valence-corrected chi connectivity index (χ2v) is 7.12. The van der Waals surface area contributed by atoms with Crippen LogP contribution >= 0.6 is 11.8 Å². The standard InChI is InChI=1S/C15H11N2O2S.W/c1-10(8-12-9-16-15(19)20-12)14(18)17-7-6-11-4-2-3-5-13(11)17;/h1-5,8H,6-7H2,(H,16,19);/q-1;/b12-8+;. The van der Waals surface area contributed by atoms with Crippen molar-refractivity contribution >= 4 is 32.6 Å². The number of thioether (sulfide) groups is 1. The van der Waals surface area contributed by atoms with Gasteiger partial charge in [-0.15, -0.1) is 0 Å². The summed E-state index contributed by atoms with van der Waals surface area (Å²) in [7, 11) is 0. The monoisotopic (exact) mass is 467 g/mol. The zero-order valence-corrected chi connectivity index (χ0v) is 14.7. The first-order valence-corrected chi connectivity index (χ1v) is 8.61. The van der Waals surface area contributed by atoms with E-state index in [1.54, 1.807) is 11.0 Å². The molecule has 1 aromatic carbocycles. The Morgan fingerprint density at radius 2 is 2.19 bits per heavy atom. The minimum atomic E-state index is -0.213. The van der Waals surface area contributed by atoms with E-state index in [0.717, 1.165) is 57.7 Å². The third-order valence-corrected chi connectivity index (χ3v) is 5.81. The Balaban J connectivity index is 1.81. The number of nitrogens with zero attached hydrogens (tertiary/aromatic N) is 1. The second kappa shape index (κ2) is 5.74. The molecular formula is C15H11N2O2SW-. The first-order valence-electron chi connectivity index (χ1n) is 6.33. The zero-order chi connectivity index (χ0) is 15.0. The zero-order valence-electron chi connectivity index (χ0n) is 11.0. The first kappa shape index (κ1) is 14.5. The van der Waals surface area contributed by atoms with Crippen molar-refractivity contribution in [2.24, 2.45) is 0 Å². The van der Waals surface area contributed by atoms with Crippen LogP contribution in [0.3, 0.4) is 0 Å². The molecule has 106 valence electrons. The molecule has 0 atom stereocenters. The summed E-state index contributed by atoms with van der Waals surface area (Å²) in [6, 6.07) is 7.83. The van der Waals surface area contributed by atoms with Crippen LogP contribution in [0.1, 0.15) is 5.56 Å². The molecule has 2 aliphatic heterocycles. The predicted molar refractivity (Wildman–Crippen MR) is 79.5 cm³/mol. The topological polar surface area (TPSA) is 49.4 Å². The number of carbonyl (C=O) groups excluding carboxylic acids is 2. The van der Waals surface area contributed by atoms with Gasteiger partial charge in [0.1, 0.15) is 0 Å². The van der Waals surface area contributed by atoms with Crippen LogP contribution in [0.5, 0.6) is 0 Å². The van der Waals surface area contributed by atoms with E-state index in [1.165, 1.54) is 0 Å². The normalized spacial score (nSPS) is 18.9. The van der Waals surface area contributed by atoms with E-state index in [9.17, 15) is 9.59 Å². The van der Waals surface area contributed by atoms with Crippen LogP contribution < -0.4 is 10.2 Å². The van der Waals surface area contributed by atoms with Crippen molar-refractivity contribution in [1.82, 2.24) is 5.32 Å². The van der Waals surface area contributed by atoms with E-state index >= 15 is 0 Å². The molecule has 3 rings (SSSR count). The summed E-state index contributed by atoms with van der Waals surface area (Å²) in [6.07, 6.45) is 2.43. The van der Waals surface area contributed by atoms with E-state index in [2.05, 4.69) is 5.32 Å². The second-order valence-electron chi connectivity index (χ2n) is 4.64. The third kappa shape index (κ3) is 2.81. The Bertz CT molecular complexity index is 711. The molecule has 6 heteroatoms. The maximum atomic E-state index is 12.5. The predicted octanol–water partition coefficient (Wildman–Crippen LogP) is 1.95. The summed E-state index contributed by atoms with van der Waals surface area (Å²) in [6.45, 7) is 6.57. The van der Waals surface area contributed by atoms with Crippen molar-refractivity contribution in [1.29, 1.82) is 0 Å². The van der Waals surface area contributed by atoms with Gasteiger partial charge in [-0.3, -0.25) is 0 Å². The average Bonchev–Trinajstić information content (AvgIpc) is 3.01. The van der Waals surface area contributed by atoms with Gasteiger partial charge in [0.15, 0.2) is 0 Å². The van der Waals surface area contributed by atoms with E-state index < -0.39 is 0 Å². The molecule has 21 heavy (non-hydrogen) atoms. The van der Waals surface area contributed by atoms with Crippen LogP contribution in [0.15, 0.2) is 40.8 Å². The molecule has 1 aromatic rings. The quantitative estimate of drug-likeness (QED) is 0.535.